The second kappa shape index (κ2) is 3.95. The average Bonchev–Trinajstić information content (AvgIpc) is 1.87. The summed E-state index contributed by atoms with van der Waals surface area (Å²) in [6.07, 6.45) is 1.38. The molecule has 0 aliphatic heterocycles. The van der Waals surface area contributed by atoms with Crippen LogP contribution in [0.2, 0.25) is 14.9 Å². The molecule has 0 aromatic carbocycles. The summed E-state index contributed by atoms with van der Waals surface area (Å²) >= 11 is 1.72. The summed E-state index contributed by atoms with van der Waals surface area (Å²) in [5.41, 5.74) is 0. The average molecular weight is 244 g/mol. The topological polar surface area (TPSA) is 0 Å². The minimum absolute atomic E-state index is 0.750. The van der Waals surface area contributed by atoms with Gasteiger partial charge in [-0.05, 0) is 0 Å². The maximum absolute atomic E-state index is 2.41. The Morgan fingerprint density at radius 3 is 1.62 bits per heavy atom. The summed E-state index contributed by atoms with van der Waals surface area (Å²) < 4.78 is 0.750. The second-order valence-corrected chi connectivity index (χ2v) is 8.70. The molecule has 0 bridgehead atoms. The molecule has 50 valence electrons. The van der Waals surface area contributed by atoms with Gasteiger partial charge in [-0.1, -0.05) is 0 Å². The van der Waals surface area contributed by atoms with E-state index in [-0.39, 0.29) is 0 Å². The van der Waals surface area contributed by atoms with Crippen molar-refractivity contribution >= 4 is 29.9 Å². The van der Waals surface area contributed by atoms with Gasteiger partial charge in [-0.25, -0.2) is 0 Å². The summed E-state index contributed by atoms with van der Waals surface area (Å²) in [5, 5.41) is 0. The molecule has 0 atom stereocenters. The fourth-order valence-corrected chi connectivity index (χ4v) is 3.75. The van der Waals surface area contributed by atoms with Gasteiger partial charge in [-0.2, -0.15) is 0 Å². The molecule has 0 aromatic rings. The Kier molecular flexibility index (Phi) is 4.47. The summed E-state index contributed by atoms with van der Waals surface area (Å²) in [4.78, 5) is 0. The molecule has 0 unspecified atom stereocenters. The normalized spacial score (nSPS) is 12.0. The van der Waals surface area contributed by atoms with E-state index in [1.807, 2.05) is 0 Å². The Balaban J connectivity index is 3.58. The van der Waals surface area contributed by atoms with Crippen molar-refractivity contribution in [1.29, 1.82) is 0 Å². The van der Waals surface area contributed by atoms with Crippen molar-refractivity contribution in [3.63, 3.8) is 0 Å². The van der Waals surface area contributed by atoms with Crippen LogP contribution in [-0.2, 0) is 0 Å². The van der Waals surface area contributed by atoms with Gasteiger partial charge in [0.2, 0.25) is 0 Å². The van der Waals surface area contributed by atoms with Gasteiger partial charge < -0.3 is 0 Å². The third-order valence-electron chi connectivity index (χ3n) is 1.51. The van der Waals surface area contributed by atoms with Crippen molar-refractivity contribution in [1.82, 2.24) is 0 Å². The first-order chi connectivity index (χ1) is 3.68. The summed E-state index contributed by atoms with van der Waals surface area (Å²) in [5.74, 6) is 4.70. The number of rotatable bonds is 3. The molecule has 0 fully saturated rings. The molecule has 0 N–H and O–H groups in total. The van der Waals surface area contributed by atoms with Crippen molar-refractivity contribution < 1.29 is 0 Å². The second-order valence-electron chi connectivity index (χ2n) is 1.90. The predicted octanol–water partition coefficient (Wildman–Crippen LogP) is 2.04. The fourth-order valence-electron chi connectivity index (χ4n) is 0.372. The van der Waals surface area contributed by atoms with E-state index in [4.69, 9.17) is 0 Å². The van der Waals surface area contributed by atoms with Crippen LogP contribution in [0.3, 0.4) is 0 Å². The Morgan fingerprint density at radius 1 is 1.25 bits per heavy atom. The molecule has 0 rings (SSSR count). The van der Waals surface area contributed by atoms with E-state index in [2.05, 4.69) is 25.5 Å². The van der Waals surface area contributed by atoms with Gasteiger partial charge in [0.15, 0.2) is 0 Å². The molecule has 0 saturated carbocycles. The van der Waals surface area contributed by atoms with Gasteiger partial charge in [0.05, 0.1) is 0 Å². The molecule has 0 aliphatic rings. The van der Waals surface area contributed by atoms with Crippen LogP contribution in [0.1, 0.15) is 20.3 Å². The van der Waals surface area contributed by atoms with E-state index in [0.717, 1.165) is 33.1 Å². The number of hydrogen-bond donors (Lipinski definition) is 0. The van der Waals surface area contributed by atoms with Crippen molar-refractivity contribution in [2.45, 2.75) is 35.1 Å². The predicted molar refractivity (Wildman–Crippen MR) is 41.9 cm³/mol. The van der Waals surface area contributed by atoms with Crippen LogP contribution in [0.5, 0.6) is 0 Å². The molecule has 0 aromatic heterocycles. The Morgan fingerprint density at radius 2 is 1.62 bits per heavy atom. The van der Waals surface area contributed by atoms with Gasteiger partial charge in [0.1, 0.15) is 0 Å². The molecule has 2 heteroatoms. The van der Waals surface area contributed by atoms with Gasteiger partial charge in [-0.3, -0.25) is 0 Å². The van der Waals surface area contributed by atoms with Crippen LogP contribution in [0.15, 0.2) is 0 Å². The molecule has 0 saturated heterocycles. The van der Waals surface area contributed by atoms with E-state index < -0.39 is 0 Å². The SMILES string of the molecule is CCC(C)([Se]C)[Se]C. The summed E-state index contributed by atoms with van der Waals surface area (Å²) in [6.45, 7) is 4.71. The molecule has 0 nitrogen and oxygen atoms in total. The van der Waals surface area contributed by atoms with Crippen molar-refractivity contribution in [2.75, 3.05) is 0 Å². The van der Waals surface area contributed by atoms with E-state index in [1.54, 1.807) is 0 Å². The van der Waals surface area contributed by atoms with E-state index in [0.29, 0.717) is 0 Å². The first kappa shape index (κ1) is 9.04. The van der Waals surface area contributed by atoms with Crippen LogP contribution < -0.4 is 0 Å². The van der Waals surface area contributed by atoms with Crippen LogP contribution >= 0.6 is 0 Å². The molecule has 8 heavy (non-hydrogen) atoms. The molecule has 0 aliphatic carbocycles. The van der Waals surface area contributed by atoms with Crippen LogP contribution in [-0.4, -0.2) is 29.9 Å². The molecular weight excluding hydrogens is 230 g/mol. The summed E-state index contributed by atoms with van der Waals surface area (Å²) in [7, 11) is 0. The molecular formula is C6H14Se2. The van der Waals surface area contributed by atoms with Crippen molar-refractivity contribution in [3.05, 3.63) is 0 Å². The molecule has 0 spiro atoms. The Hall–Kier alpha value is 1.04. The van der Waals surface area contributed by atoms with E-state index in [9.17, 15) is 0 Å². The Labute approximate surface area is 65.1 Å². The first-order valence-electron chi connectivity index (χ1n) is 2.79. The zero-order chi connectivity index (χ0) is 6.62. The zero-order valence-corrected chi connectivity index (χ0v) is 9.45. The van der Waals surface area contributed by atoms with Crippen LogP contribution in [0.25, 0.3) is 0 Å². The third kappa shape index (κ3) is 2.55. The Bertz CT molecular complexity index is 49.3. The van der Waals surface area contributed by atoms with E-state index in [1.165, 1.54) is 6.42 Å². The molecule has 0 radical (unpaired) electrons. The van der Waals surface area contributed by atoms with Crippen LogP contribution in [0, 0.1) is 0 Å². The fraction of sp³-hybridized carbons (Fsp3) is 1.00. The third-order valence-corrected chi connectivity index (χ3v) is 9.97. The van der Waals surface area contributed by atoms with Crippen molar-refractivity contribution in [2.24, 2.45) is 0 Å². The minimum atomic E-state index is 0.750. The van der Waals surface area contributed by atoms with Gasteiger partial charge in [-0.15, -0.1) is 0 Å². The molecule has 0 heterocycles. The summed E-state index contributed by atoms with van der Waals surface area (Å²) in [6, 6.07) is 0. The van der Waals surface area contributed by atoms with Crippen molar-refractivity contribution in [3.8, 4) is 0 Å². The monoisotopic (exact) mass is 246 g/mol. The van der Waals surface area contributed by atoms with Gasteiger partial charge in [0.25, 0.3) is 0 Å². The zero-order valence-electron chi connectivity index (χ0n) is 6.02. The maximum atomic E-state index is 2.41. The standard InChI is InChI=1S/C6H14Se2/c1-5-6(2,7-3)8-4/h5H2,1-4H3. The van der Waals surface area contributed by atoms with Gasteiger partial charge in [0, 0.05) is 0 Å². The number of hydrogen-bond acceptors (Lipinski definition) is 0. The first-order valence-corrected chi connectivity index (χ1v) is 7.92. The van der Waals surface area contributed by atoms with E-state index >= 15 is 0 Å². The molecule has 0 amide bonds. The van der Waals surface area contributed by atoms with Gasteiger partial charge >= 0.3 is 65.0 Å². The quantitative estimate of drug-likeness (QED) is 0.666. The van der Waals surface area contributed by atoms with Crippen LogP contribution in [0.4, 0.5) is 0 Å².